The van der Waals surface area contributed by atoms with Gasteiger partial charge in [0.2, 0.25) is 5.88 Å². The van der Waals surface area contributed by atoms with Crippen LogP contribution in [0.5, 0.6) is 5.88 Å². The van der Waals surface area contributed by atoms with Crippen LogP contribution in [0.2, 0.25) is 0 Å². The molecule has 0 bridgehead atoms. The quantitative estimate of drug-likeness (QED) is 0.522. The summed E-state index contributed by atoms with van der Waals surface area (Å²) in [5.74, 6) is 0.276. The van der Waals surface area contributed by atoms with Crippen molar-refractivity contribution in [2.45, 2.75) is 12.5 Å². The number of aromatic nitrogens is 1. The Kier molecular flexibility index (Phi) is 3.17. The average molecular weight is 283 g/mol. The Labute approximate surface area is 121 Å². The van der Waals surface area contributed by atoms with E-state index in [1.807, 2.05) is 36.4 Å². The molecule has 0 radical (unpaired) electrons. The number of rotatable bonds is 2. The fourth-order valence-electron chi connectivity index (χ4n) is 2.17. The molecule has 1 heterocycles. The number of pyridine rings is 1. The summed E-state index contributed by atoms with van der Waals surface area (Å²) in [4.78, 5) is 4.41. The molecule has 3 nitrogen and oxygen atoms in total. The summed E-state index contributed by atoms with van der Waals surface area (Å²) in [6.07, 6.45) is 0. The van der Waals surface area contributed by atoms with Gasteiger partial charge in [-0.2, -0.15) is 5.26 Å². The molecule has 1 aromatic heterocycles. The highest BCUT2D eigenvalue weighted by Gasteiger charge is 2.11. The Bertz CT molecular complexity index is 837. The van der Waals surface area contributed by atoms with Crippen LogP contribution in [0, 0.1) is 11.3 Å². The van der Waals surface area contributed by atoms with E-state index >= 15 is 0 Å². The molecule has 0 amide bonds. The third kappa shape index (κ3) is 2.26. The monoisotopic (exact) mass is 282 g/mol. The van der Waals surface area contributed by atoms with Crippen LogP contribution in [-0.4, -0.2) is 10.5 Å². The van der Waals surface area contributed by atoms with Gasteiger partial charge in [0.15, 0.2) is 5.56 Å². The third-order valence-electron chi connectivity index (χ3n) is 3.04. The molecule has 20 heavy (non-hydrogen) atoms. The highest BCUT2D eigenvalue weighted by atomic mass is 35.5. The maximum Gasteiger partial charge on any atom is 0.233 e. The number of ether oxygens (including phenoxy) is 1. The molecular formula is C16H11ClN2O. The van der Waals surface area contributed by atoms with Gasteiger partial charge in [0, 0.05) is 5.39 Å². The number of alkyl halides is 1. The molecule has 4 heteroatoms. The largest absolute Gasteiger partial charge is 0.457 e. The standard InChI is InChI=1S/C16H11ClN2O/c1-10(17)20-16-14(9-18)7-13-6-11-4-2-3-5-12(11)8-15(13)19-16/h2-8,10H,1H3. The fraction of sp³-hybridized carbons (Fsp3) is 0.125. The smallest absolute Gasteiger partial charge is 0.233 e. The van der Waals surface area contributed by atoms with Gasteiger partial charge in [-0.3, -0.25) is 0 Å². The van der Waals surface area contributed by atoms with Crippen LogP contribution in [-0.2, 0) is 0 Å². The van der Waals surface area contributed by atoms with Gasteiger partial charge >= 0.3 is 0 Å². The van der Waals surface area contributed by atoms with Gasteiger partial charge in [-0.05, 0) is 35.9 Å². The first-order valence-corrected chi connectivity index (χ1v) is 6.65. The lowest BCUT2D eigenvalue weighted by Crippen LogP contribution is -2.05. The van der Waals surface area contributed by atoms with Crippen molar-refractivity contribution < 1.29 is 4.74 Å². The predicted octanol–water partition coefficient (Wildman–Crippen LogP) is 4.22. The summed E-state index contributed by atoms with van der Waals surface area (Å²) in [7, 11) is 0. The maximum absolute atomic E-state index is 9.19. The molecule has 0 spiro atoms. The lowest BCUT2D eigenvalue weighted by atomic mass is 10.1. The van der Waals surface area contributed by atoms with Gasteiger partial charge in [-0.1, -0.05) is 35.9 Å². The summed E-state index contributed by atoms with van der Waals surface area (Å²) in [6.45, 7) is 1.69. The Hall–Kier alpha value is -2.31. The van der Waals surface area contributed by atoms with Crippen LogP contribution in [0.25, 0.3) is 21.7 Å². The zero-order chi connectivity index (χ0) is 14.1. The van der Waals surface area contributed by atoms with Crippen LogP contribution in [0.3, 0.4) is 0 Å². The molecule has 0 aliphatic carbocycles. The third-order valence-corrected chi connectivity index (χ3v) is 3.13. The van der Waals surface area contributed by atoms with Crippen molar-refractivity contribution in [3.05, 3.63) is 48.0 Å². The average Bonchev–Trinajstić information content (AvgIpc) is 2.44. The summed E-state index contributed by atoms with van der Waals surface area (Å²) < 4.78 is 5.39. The molecule has 2 aromatic carbocycles. The van der Waals surface area contributed by atoms with Gasteiger partial charge in [0.25, 0.3) is 0 Å². The Morgan fingerprint density at radius 1 is 1.15 bits per heavy atom. The van der Waals surface area contributed by atoms with Gasteiger partial charge in [-0.15, -0.1) is 0 Å². The van der Waals surface area contributed by atoms with Crippen molar-refractivity contribution in [2.75, 3.05) is 0 Å². The van der Waals surface area contributed by atoms with Gasteiger partial charge in [0.1, 0.15) is 11.6 Å². The minimum absolute atomic E-state index is 0.276. The summed E-state index contributed by atoms with van der Waals surface area (Å²) in [5, 5.41) is 12.3. The van der Waals surface area contributed by atoms with E-state index in [0.29, 0.717) is 5.56 Å². The van der Waals surface area contributed by atoms with E-state index in [0.717, 1.165) is 21.7 Å². The molecule has 0 aliphatic heterocycles. The van der Waals surface area contributed by atoms with E-state index in [4.69, 9.17) is 16.3 Å². The van der Waals surface area contributed by atoms with Crippen LogP contribution in [0.15, 0.2) is 42.5 Å². The molecule has 0 saturated carbocycles. The minimum Gasteiger partial charge on any atom is -0.457 e. The van der Waals surface area contributed by atoms with Gasteiger partial charge < -0.3 is 4.74 Å². The second kappa shape index (κ2) is 4.99. The van der Waals surface area contributed by atoms with E-state index in [1.165, 1.54) is 0 Å². The van der Waals surface area contributed by atoms with Gasteiger partial charge in [-0.25, -0.2) is 4.98 Å². The second-order valence-corrected chi connectivity index (χ2v) is 5.12. The summed E-state index contributed by atoms with van der Waals surface area (Å²) in [5.41, 5.74) is 0.641. The second-order valence-electron chi connectivity index (χ2n) is 4.51. The molecular weight excluding hydrogens is 272 g/mol. The van der Waals surface area contributed by atoms with Crippen molar-refractivity contribution in [2.24, 2.45) is 0 Å². The highest BCUT2D eigenvalue weighted by molar-refractivity contribution is 6.19. The number of halogens is 1. The zero-order valence-corrected chi connectivity index (χ0v) is 11.6. The maximum atomic E-state index is 9.19. The molecule has 0 fully saturated rings. The number of fused-ring (bicyclic) bond motifs is 2. The van der Waals surface area contributed by atoms with E-state index in [2.05, 4.69) is 11.1 Å². The molecule has 3 aromatic rings. The van der Waals surface area contributed by atoms with Crippen molar-refractivity contribution >= 4 is 33.3 Å². The molecule has 98 valence electrons. The topological polar surface area (TPSA) is 45.9 Å². The van der Waals surface area contributed by atoms with Crippen LogP contribution >= 0.6 is 11.6 Å². The lowest BCUT2D eigenvalue weighted by molar-refractivity contribution is 0.289. The van der Waals surface area contributed by atoms with Crippen LogP contribution in [0.1, 0.15) is 12.5 Å². The van der Waals surface area contributed by atoms with Crippen molar-refractivity contribution in [1.82, 2.24) is 4.98 Å². The molecule has 3 rings (SSSR count). The van der Waals surface area contributed by atoms with Crippen LogP contribution in [0.4, 0.5) is 0 Å². The van der Waals surface area contributed by atoms with Gasteiger partial charge in [0.05, 0.1) is 5.52 Å². The number of hydrogen-bond acceptors (Lipinski definition) is 3. The fourth-order valence-corrected chi connectivity index (χ4v) is 2.25. The first-order chi connectivity index (χ1) is 9.67. The molecule has 0 N–H and O–H groups in total. The normalized spacial score (nSPS) is 12.2. The first kappa shape index (κ1) is 12.7. The molecule has 0 saturated heterocycles. The number of benzene rings is 2. The Morgan fingerprint density at radius 3 is 2.50 bits per heavy atom. The van der Waals surface area contributed by atoms with E-state index in [9.17, 15) is 5.26 Å². The van der Waals surface area contributed by atoms with E-state index in [1.54, 1.807) is 13.0 Å². The van der Waals surface area contributed by atoms with Crippen molar-refractivity contribution in [3.8, 4) is 11.9 Å². The number of nitrogens with zero attached hydrogens (tertiary/aromatic N) is 2. The van der Waals surface area contributed by atoms with Crippen LogP contribution < -0.4 is 4.74 Å². The Morgan fingerprint density at radius 2 is 1.85 bits per heavy atom. The predicted molar refractivity (Wildman–Crippen MR) is 79.9 cm³/mol. The van der Waals surface area contributed by atoms with E-state index < -0.39 is 5.56 Å². The molecule has 0 aliphatic rings. The summed E-state index contributed by atoms with van der Waals surface area (Å²) >= 11 is 5.82. The van der Waals surface area contributed by atoms with Crippen molar-refractivity contribution in [3.63, 3.8) is 0 Å². The number of hydrogen-bond donors (Lipinski definition) is 0. The zero-order valence-electron chi connectivity index (χ0n) is 10.8. The van der Waals surface area contributed by atoms with Crippen molar-refractivity contribution in [1.29, 1.82) is 5.26 Å². The van der Waals surface area contributed by atoms with E-state index in [-0.39, 0.29) is 5.88 Å². The molecule has 1 unspecified atom stereocenters. The number of nitriles is 1. The first-order valence-electron chi connectivity index (χ1n) is 6.22. The summed E-state index contributed by atoms with van der Waals surface area (Å²) in [6, 6.07) is 15.9. The SMILES string of the molecule is CC(Cl)Oc1nc2cc3ccccc3cc2cc1C#N. The molecule has 1 atom stereocenters. The Balaban J connectivity index is 2.27. The highest BCUT2D eigenvalue weighted by Crippen LogP contribution is 2.27. The minimum atomic E-state index is -0.535. The lowest BCUT2D eigenvalue weighted by Gasteiger charge is -2.10.